The summed E-state index contributed by atoms with van der Waals surface area (Å²) in [5.74, 6) is 1.38. The third-order valence-corrected chi connectivity index (χ3v) is 4.53. The number of carbonyl (C=O) groups excluding carboxylic acids is 1. The van der Waals surface area contributed by atoms with Gasteiger partial charge in [0.2, 0.25) is 0 Å². The van der Waals surface area contributed by atoms with Crippen molar-refractivity contribution in [3.05, 3.63) is 23.8 Å². The molecule has 0 radical (unpaired) electrons. The molecule has 0 saturated carbocycles. The van der Waals surface area contributed by atoms with Gasteiger partial charge < -0.3 is 20.1 Å². The molecule has 1 amide bonds. The molecule has 5 heteroatoms. The summed E-state index contributed by atoms with van der Waals surface area (Å²) >= 11 is 0. The molecule has 1 aliphatic heterocycles. The number of piperidine rings is 1. The van der Waals surface area contributed by atoms with Crippen molar-refractivity contribution in [3.8, 4) is 11.5 Å². The lowest BCUT2D eigenvalue weighted by Crippen LogP contribution is -2.51. The first-order valence-electron chi connectivity index (χ1n) is 9.54. The highest BCUT2D eigenvalue weighted by Crippen LogP contribution is 2.30. The minimum absolute atomic E-state index is 0.0211. The molecule has 0 aliphatic carbocycles. The van der Waals surface area contributed by atoms with Gasteiger partial charge >= 0.3 is 0 Å². The summed E-state index contributed by atoms with van der Waals surface area (Å²) in [6.07, 6.45) is 4.97. The van der Waals surface area contributed by atoms with Crippen LogP contribution < -0.4 is 15.2 Å². The molecule has 2 N–H and O–H groups in total. The zero-order chi connectivity index (χ0) is 18.2. The Hall–Kier alpha value is -1.75. The first kappa shape index (κ1) is 19.6. The van der Waals surface area contributed by atoms with Crippen LogP contribution in [0.3, 0.4) is 0 Å². The fourth-order valence-electron chi connectivity index (χ4n) is 3.22. The minimum Gasteiger partial charge on any atom is -0.490 e. The first-order valence-corrected chi connectivity index (χ1v) is 9.54. The highest BCUT2D eigenvalue weighted by atomic mass is 16.5. The van der Waals surface area contributed by atoms with Crippen molar-refractivity contribution in [3.63, 3.8) is 0 Å². The van der Waals surface area contributed by atoms with Crippen LogP contribution in [0.4, 0.5) is 0 Å². The lowest BCUT2D eigenvalue weighted by Gasteiger charge is -2.38. The number of hydrogen-bond donors (Lipinski definition) is 1. The van der Waals surface area contributed by atoms with Crippen molar-refractivity contribution in [1.29, 1.82) is 0 Å². The highest BCUT2D eigenvalue weighted by Gasteiger charge is 2.30. The normalized spacial score (nSPS) is 18.7. The molecule has 1 aromatic rings. The van der Waals surface area contributed by atoms with Crippen LogP contribution in [0.1, 0.15) is 63.2 Å². The Morgan fingerprint density at radius 2 is 1.88 bits per heavy atom. The molecule has 0 bridgehead atoms. The first-order chi connectivity index (χ1) is 12.1. The summed E-state index contributed by atoms with van der Waals surface area (Å²) in [5.41, 5.74) is 6.75. The number of hydrogen-bond acceptors (Lipinski definition) is 4. The zero-order valence-corrected chi connectivity index (χ0v) is 15.8. The van der Waals surface area contributed by atoms with Crippen molar-refractivity contribution in [2.45, 2.75) is 65.0 Å². The maximum atomic E-state index is 13.0. The summed E-state index contributed by atoms with van der Waals surface area (Å²) in [6.45, 7) is 8.11. The largest absolute Gasteiger partial charge is 0.490 e. The van der Waals surface area contributed by atoms with E-state index in [1.807, 2.05) is 30.0 Å². The standard InChI is InChI=1S/C20H32N2O3/c1-4-12-24-18-10-9-16(14-19(18)25-13-5-2)20(23)22-11-7-6-8-17(22)15(3)21/h9-10,14-15,17H,4-8,11-13,21H2,1-3H3. The predicted molar refractivity (Wildman–Crippen MR) is 100 cm³/mol. The number of nitrogens with two attached hydrogens (primary N) is 1. The van der Waals surface area contributed by atoms with Crippen LogP contribution in [0.5, 0.6) is 11.5 Å². The van der Waals surface area contributed by atoms with Crippen LogP contribution in [0, 0.1) is 0 Å². The quantitative estimate of drug-likeness (QED) is 0.779. The zero-order valence-electron chi connectivity index (χ0n) is 15.8. The predicted octanol–water partition coefficient (Wildman–Crippen LogP) is 3.61. The number of amides is 1. The molecule has 1 aliphatic rings. The van der Waals surface area contributed by atoms with Gasteiger partial charge in [0.1, 0.15) is 0 Å². The van der Waals surface area contributed by atoms with Gasteiger partial charge in [0.05, 0.1) is 13.2 Å². The SMILES string of the molecule is CCCOc1ccc(C(=O)N2CCCCC2C(C)N)cc1OCCC. The van der Waals surface area contributed by atoms with E-state index >= 15 is 0 Å². The van der Waals surface area contributed by atoms with Crippen molar-refractivity contribution in [2.24, 2.45) is 5.73 Å². The number of ether oxygens (including phenoxy) is 2. The summed E-state index contributed by atoms with van der Waals surface area (Å²) < 4.78 is 11.6. The Labute approximate surface area is 151 Å². The van der Waals surface area contributed by atoms with Gasteiger partial charge in [-0.05, 0) is 57.2 Å². The highest BCUT2D eigenvalue weighted by molar-refractivity contribution is 5.95. The minimum atomic E-state index is -0.0211. The van der Waals surface area contributed by atoms with Gasteiger partial charge in [-0.3, -0.25) is 4.79 Å². The molecule has 2 atom stereocenters. The average molecular weight is 348 g/mol. The summed E-state index contributed by atoms with van der Waals surface area (Å²) in [5, 5.41) is 0. The van der Waals surface area contributed by atoms with Gasteiger partial charge in [0.15, 0.2) is 11.5 Å². The van der Waals surface area contributed by atoms with E-state index in [4.69, 9.17) is 15.2 Å². The van der Waals surface area contributed by atoms with Crippen molar-refractivity contribution in [2.75, 3.05) is 19.8 Å². The van der Waals surface area contributed by atoms with Gasteiger partial charge in [-0.25, -0.2) is 0 Å². The number of rotatable bonds is 8. The van der Waals surface area contributed by atoms with Crippen LogP contribution >= 0.6 is 0 Å². The Morgan fingerprint density at radius 3 is 2.52 bits per heavy atom. The van der Waals surface area contributed by atoms with E-state index in [1.54, 1.807) is 0 Å². The Bertz CT molecular complexity index is 560. The molecule has 5 nitrogen and oxygen atoms in total. The van der Waals surface area contributed by atoms with E-state index in [2.05, 4.69) is 13.8 Å². The Kier molecular flexibility index (Phi) is 7.56. The molecule has 1 saturated heterocycles. The second kappa shape index (κ2) is 9.66. The summed E-state index contributed by atoms with van der Waals surface area (Å²) in [7, 11) is 0. The van der Waals surface area contributed by atoms with Crippen molar-refractivity contribution >= 4 is 5.91 Å². The summed E-state index contributed by atoms with van der Waals surface area (Å²) in [4.78, 5) is 15.0. The lowest BCUT2D eigenvalue weighted by atomic mass is 9.96. The number of nitrogens with zero attached hydrogens (tertiary/aromatic N) is 1. The smallest absolute Gasteiger partial charge is 0.254 e. The lowest BCUT2D eigenvalue weighted by molar-refractivity contribution is 0.0583. The number of likely N-dealkylation sites (tertiary alicyclic amines) is 1. The van der Waals surface area contributed by atoms with Crippen LogP contribution in [-0.4, -0.2) is 42.6 Å². The van der Waals surface area contributed by atoms with Gasteiger partial charge in [0.25, 0.3) is 5.91 Å². The Balaban J connectivity index is 2.22. The van der Waals surface area contributed by atoms with E-state index in [9.17, 15) is 4.79 Å². The van der Waals surface area contributed by atoms with E-state index in [-0.39, 0.29) is 18.0 Å². The topological polar surface area (TPSA) is 64.8 Å². The second-order valence-electron chi connectivity index (χ2n) is 6.78. The van der Waals surface area contributed by atoms with Crippen LogP contribution in [0.15, 0.2) is 18.2 Å². The van der Waals surface area contributed by atoms with Gasteiger partial charge in [-0.15, -0.1) is 0 Å². The maximum absolute atomic E-state index is 13.0. The van der Waals surface area contributed by atoms with Crippen LogP contribution in [0.2, 0.25) is 0 Å². The molecular weight excluding hydrogens is 316 g/mol. The molecular formula is C20H32N2O3. The molecule has 0 spiro atoms. The Morgan fingerprint density at radius 1 is 1.20 bits per heavy atom. The van der Waals surface area contributed by atoms with Crippen molar-refractivity contribution < 1.29 is 14.3 Å². The van der Waals surface area contributed by atoms with E-state index in [0.717, 1.165) is 38.6 Å². The molecule has 2 rings (SSSR count). The monoisotopic (exact) mass is 348 g/mol. The number of benzene rings is 1. The molecule has 0 aromatic heterocycles. The third-order valence-electron chi connectivity index (χ3n) is 4.53. The molecule has 140 valence electrons. The number of carbonyl (C=O) groups is 1. The maximum Gasteiger partial charge on any atom is 0.254 e. The molecule has 1 aromatic carbocycles. The molecule has 25 heavy (non-hydrogen) atoms. The van der Waals surface area contributed by atoms with Gasteiger partial charge in [-0.1, -0.05) is 13.8 Å². The average Bonchev–Trinajstić information content (AvgIpc) is 2.64. The molecule has 2 unspecified atom stereocenters. The fourth-order valence-corrected chi connectivity index (χ4v) is 3.22. The molecule has 1 heterocycles. The fraction of sp³-hybridized carbons (Fsp3) is 0.650. The van der Waals surface area contributed by atoms with E-state index < -0.39 is 0 Å². The van der Waals surface area contributed by atoms with Crippen LogP contribution in [-0.2, 0) is 0 Å². The van der Waals surface area contributed by atoms with E-state index in [0.29, 0.717) is 30.3 Å². The van der Waals surface area contributed by atoms with Gasteiger partial charge in [0, 0.05) is 24.2 Å². The second-order valence-corrected chi connectivity index (χ2v) is 6.78. The summed E-state index contributed by atoms with van der Waals surface area (Å²) in [6, 6.07) is 5.58. The van der Waals surface area contributed by atoms with E-state index in [1.165, 1.54) is 0 Å². The van der Waals surface area contributed by atoms with Crippen molar-refractivity contribution in [1.82, 2.24) is 4.90 Å². The third kappa shape index (κ3) is 5.11. The van der Waals surface area contributed by atoms with Gasteiger partial charge in [-0.2, -0.15) is 0 Å². The van der Waals surface area contributed by atoms with Crippen LogP contribution in [0.25, 0.3) is 0 Å². The molecule has 1 fully saturated rings.